The molecule has 0 atom stereocenters. The largest absolute Gasteiger partial charge is 0.513 e. The molecule has 1 N–H and O–H groups in total. The third kappa shape index (κ3) is 3.92. The van der Waals surface area contributed by atoms with E-state index in [1.807, 2.05) is 30.3 Å². The van der Waals surface area contributed by atoms with Crippen LogP contribution in [0.15, 0.2) is 60.9 Å². The Kier molecular flexibility index (Phi) is 5.85. The van der Waals surface area contributed by atoms with Crippen LogP contribution in [0.25, 0.3) is 11.0 Å². The number of nitrogens with zero attached hydrogens (tertiary/aromatic N) is 3. The minimum Gasteiger partial charge on any atom is -0.505 e. The van der Waals surface area contributed by atoms with Gasteiger partial charge in [-0.3, -0.25) is 14.5 Å². The maximum Gasteiger partial charge on any atom is 0.513 e. The number of benzene rings is 3. The van der Waals surface area contributed by atoms with Gasteiger partial charge in [0.25, 0.3) is 11.8 Å². The maximum atomic E-state index is 13.5. The second kappa shape index (κ2) is 9.14. The number of aromatic nitrogens is 2. The van der Waals surface area contributed by atoms with Crippen molar-refractivity contribution in [3.8, 4) is 11.5 Å². The number of imidazole rings is 1. The quantitative estimate of drug-likeness (QED) is 0.245. The lowest BCUT2D eigenvalue weighted by atomic mass is 10.0. The molecule has 1 aromatic heterocycles. The fraction of sp³-hybridized carbons (Fsp3) is 0.154. The van der Waals surface area contributed by atoms with Crippen LogP contribution in [0.1, 0.15) is 38.8 Å². The van der Waals surface area contributed by atoms with Gasteiger partial charge in [0.1, 0.15) is 28.0 Å². The summed E-state index contributed by atoms with van der Waals surface area (Å²) in [6.07, 6.45) is 0.354. The van der Waals surface area contributed by atoms with Crippen molar-refractivity contribution in [2.45, 2.75) is 20.0 Å². The number of halogens is 1. The maximum absolute atomic E-state index is 13.5. The van der Waals surface area contributed by atoms with Gasteiger partial charge >= 0.3 is 6.16 Å². The molecule has 0 unspecified atom stereocenters. The number of hydrogen-bond acceptors (Lipinski definition) is 7. The number of ether oxygens (including phenoxy) is 2. The molecule has 0 radical (unpaired) electrons. The van der Waals surface area contributed by atoms with Gasteiger partial charge in [0.2, 0.25) is 0 Å². The van der Waals surface area contributed by atoms with E-state index in [1.165, 1.54) is 30.6 Å². The summed E-state index contributed by atoms with van der Waals surface area (Å²) in [5, 5.41) is 11.0. The lowest BCUT2D eigenvalue weighted by Gasteiger charge is -2.14. The lowest BCUT2D eigenvalue weighted by molar-refractivity contribution is 0.0640. The standard InChI is InChI=1S/C26H20FN3O6/c1-2-35-26(34)36-23-19-18(24(32)30(25(19)33)13-16-8-10-17(27)11-9-16)22(31)20-21(23)29(14-28-20)12-15-6-4-3-5-7-15/h3-11,14,31H,2,12-13H2,1H3. The zero-order valence-corrected chi connectivity index (χ0v) is 19.1. The SMILES string of the molecule is CCOC(=O)Oc1c2c(c(O)c3ncn(Cc4ccccc4)c13)C(=O)N(Cc1ccc(F)cc1)C2=O. The molecule has 1 aliphatic heterocycles. The summed E-state index contributed by atoms with van der Waals surface area (Å²) in [5.41, 5.74) is 0.948. The summed E-state index contributed by atoms with van der Waals surface area (Å²) in [7, 11) is 0. The smallest absolute Gasteiger partial charge is 0.505 e. The van der Waals surface area contributed by atoms with Gasteiger partial charge in [0.05, 0.1) is 19.5 Å². The van der Waals surface area contributed by atoms with E-state index in [0.29, 0.717) is 5.56 Å². The van der Waals surface area contributed by atoms with Crippen LogP contribution in [0.3, 0.4) is 0 Å². The normalized spacial score (nSPS) is 12.8. The lowest BCUT2D eigenvalue weighted by Crippen LogP contribution is -2.29. The Hall–Kier alpha value is -4.73. The summed E-state index contributed by atoms with van der Waals surface area (Å²) < 4.78 is 25.3. The van der Waals surface area contributed by atoms with E-state index in [2.05, 4.69) is 4.98 Å². The van der Waals surface area contributed by atoms with E-state index in [9.17, 15) is 23.9 Å². The number of phenols is 1. The number of carbonyl (C=O) groups excluding carboxylic acids is 3. The van der Waals surface area contributed by atoms with Gasteiger partial charge in [-0.2, -0.15) is 0 Å². The Morgan fingerprint density at radius 1 is 0.972 bits per heavy atom. The number of hydrogen-bond donors (Lipinski definition) is 1. The van der Waals surface area contributed by atoms with Crippen molar-refractivity contribution in [3.63, 3.8) is 0 Å². The Balaban J connectivity index is 1.66. The van der Waals surface area contributed by atoms with Gasteiger partial charge in [0.15, 0.2) is 11.5 Å². The Bertz CT molecular complexity index is 1500. The molecule has 182 valence electrons. The van der Waals surface area contributed by atoms with Gasteiger partial charge in [-0.1, -0.05) is 42.5 Å². The monoisotopic (exact) mass is 489 g/mol. The number of fused-ring (bicyclic) bond motifs is 2. The van der Waals surface area contributed by atoms with Gasteiger partial charge in [-0.25, -0.2) is 14.2 Å². The van der Waals surface area contributed by atoms with E-state index >= 15 is 0 Å². The molecule has 2 amide bonds. The highest BCUT2D eigenvalue weighted by molar-refractivity contribution is 6.26. The molecule has 3 aromatic carbocycles. The molecule has 0 spiro atoms. The molecule has 1 aliphatic rings. The molecule has 0 saturated carbocycles. The zero-order chi connectivity index (χ0) is 25.4. The Labute approximate surface area is 204 Å². The molecule has 0 bridgehead atoms. The van der Waals surface area contributed by atoms with Crippen LogP contribution < -0.4 is 4.74 Å². The molecular weight excluding hydrogens is 469 g/mol. The summed E-state index contributed by atoms with van der Waals surface area (Å²) in [4.78, 5) is 44.2. The Morgan fingerprint density at radius 3 is 2.33 bits per heavy atom. The van der Waals surface area contributed by atoms with Crippen LogP contribution in [0.2, 0.25) is 0 Å². The van der Waals surface area contributed by atoms with E-state index < -0.39 is 29.5 Å². The van der Waals surface area contributed by atoms with Crippen molar-refractivity contribution in [1.82, 2.24) is 14.5 Å². The van der Waals surface area contributed by atoms with Crippen LogP contribution in [-0.2, 0) is 17.8 Å². The summed E-state index contributed by atoms with van der Waals surface area (Å²) >= 11 is 0. The molecule has 10 heteroatoms. The van der Waals surface area contributed by atoms with Gasteiger partial charge < -0.3 is 19.1 Å². The number of rotatable bonds is 6. The van der Waals surface area contributed by atoms with Crippen molar-refractivity contribution in [2.24, 2.45) is 0 Å². The first kappa shape index (κ1) is 23.0. The molecule has 5 rings (SSSR count). The molecule has 4 aromatic rings. The molecule has 0 aliphatic carbocycles. The third-order valence-electron chi connectivity index (χ3n) is 5.81. The number of amides is 2. The van der Waals surface area contributed by atoms with E-state index in [-0.39, 0.29) is 47.6 Å². The van der Waals surface area contributed by atoms with E-state index in [0.717, 1.165) is 10.5 Å². The fourth-order valence-electron chi connectivity index (χ4n) is 4.18. The van der Waals surface area contributed by atoms with Crippen LogP contribution in [0.5, 0.6) is 11.5 Å². The molecule has 36 heavy (non-hydrogen) atoms. The van der Waals surface area contributed by atoms with Crippen molar-refractivity contribution in [2.75, 3.05) is 6.61 Å². The van der Waals surface area contributed by atoms with Gasteiger partial charge in [0, 0.05) is 6.54 Å². The predicted molar refractivity (Wildman–Crippen MR) is 125 cm³/mol. The molecule has 0 fully saturated rings. The van der Waals surface area contributed by atoms with Crippen LogP contribution in [0, 0.1) is 5.82 Å². The third-order valence-corrected chi connectivity index (χ3v) is 5.81. The highest BCUT2D eigenvalue weighted by atomic mass is 19.1. The predicted octanol–water partition coefficient (Wildman–Crippen LogP) is 4.26. The summed E-state index contributed by atoms with van der Waals surface area (Å²) in [6, 6.07) is 14.7. The van der Waals surface area contributed by atoms with Crippen molar-refractivity contribution in [3.05, 3.63) is 89.0 Å². The molecular formula is C26H20FN3O6. The summed E-state index contributed by atoms with van der Waals surface area (Å²) in [5.74, 6) is -2.75. The average Bonchev–Trinajstić information content (AvgIpc) is 3.39. The first-order valence-electron chi connectivity index (χ1n) is 11.1. The first-order chi connectivity index (χ1) is 17.4. The second-order valence-corrected chi connectivity index (χ2v) is 8.09. The highest BCUT2D eigenvalue weighted by Crippen LogP contribution is 2.44. The number of aromatic hydroxyl groups is 1. The minimum absolute atomic E-state index is 0.00578. The second-order valence-electron chi connectivity index (χ2n) is 8.09. The molecule has 0 saturated heterocycles. The van der Waals surface area contributed by atoms with Crippen LogP contribution in [-0.4, -0.2) is 44.1 Å². The zero-order valence-electron chi connectivity index (χ0n) is 19.1. The average molecular weight is 489 g/mol. The van der Waals surface area contributed by atoms with E-state index in [1.54, 1.807) is 11.5 Å². The molecule has 9 nitrogen and oxygen atoms in total. The fourth-order valence-corrected chi connectivity index (χ4v) is 4.18. The van der Waals surface area contributed by atoms with E-state index in [4.69, 9.17) is 9.47 Å². The Morgan fingerprint density at radius 2 is 1.64 bits per heavy atom. The number of imide groups is 1. The van der Waals surface area contributed by atoms with Gasteiger partial charge in [-0.05, 0) is 30.2 Å². The first-order valence-corrected chi connectivity index (χ1v) is 11.1. The molecule has 2 heterocycles. The van der Waals surface area contributed by atoms with Crippen LogP contribution in [0.4, 0.5) is 9.18 Å². The number of phenolic OH excluding ortho intramolecular Hbond substituents is 1. The van der Waals surface area contributed by atoms with Crippen molar-refractivity contribution >= 4 is 29.0 Å². The topological polar surface area (TPSA) is 111 Å². The van der Waals surface area contributed by atoms with Crippen molar-refractivity contribution < 1.29 is 33.4 Å². The minimum atomic E-state index is -1.07. The summed E-state index contributed by atoms with van der Waals surface area (Å²) in [6.45, 7) is 1.73. The highest BCUT2D eigenvalue weighted by Gasteiger charge is 2.44. The number of carbonyl (C=O) groups is 3. The van der Waals surface area contributed by atoms with Crippen molar-refractivity contribution in [1.29, 1.82) is 0 Å². The van der Waals surface area contributed by atoms with Gasteiger partial charge in [-0.15, -0.1) is 0 Å². The van der Waals surface area contributed by atoms with Crippen LogP contribution >= 0.6 is 0 Å².